The van der Waals surface area contributed by atoms with Crippen LogP contribution in [0.1, 0.15) is 18.0 Å². The second-order valence-corrected chi connectivity index (χ2v) is 4.62. The van der Waals surface area contributed by atoms with Gasteiger partial charge < -0.3 is 11.5 Å². The molecule has 2 nitrogen and oxygen atoms in total. The number of nitrogens with two attached hydrogens (primary N) is 2. The summed E-state index contributed by atoms with van der Waals surface area (Å²) in [7, 11) is 0. The fourth-order valence-corrected chi connectivity index (χ4v) is 2.05. The van der Waals surface area contributed by atoms with Crippen molar-refractivity contribution < 1.29 is 0 Å². The monoisotopic (exact) mass is 342 g/mol. The Morgan fingerprint density at radius 3 is 2.50 bits per heavy atom. The van der Waals surface area contributed by atoms with Crippen molar-refractivity contribution in [3.05, 3.63) is 32.7 Å². The Morgan fingerprint density at radius 1 is 1.29 bits per heavy atom. The Labute approximate surface area is 107 Å². The molecule has 5 heteroatoms. The molecule has 0 aliphatic carbocycles. The Hall–Kier alpha value is 0.390. The van der Waals surface area contributed by atoms with E-state index in [1.54, 1.807) is 0 Å². The second-order valence-electron chi connectivity index (χ2n) is 2.85. The minimum Gasteiger partial charge on any atom is -0.330 e. The molecule has 1 rings (SSSR count). The van der Waals surface area contributed by atoms with Crippen molar-refractivity contribution in [2.24, 2.45) is 11.5 Å². The molecule has 1 aromatic rings. The van der Waals surface area contributed by atoms with Crippen LogP contribution in [0.3, 0.4) is 0 Å². The normalized spacial score (nSPS) is 12.0. The molecule has 0 saturated heterocycles. The second kappa shape index (κ2) is 6.80. The first-order valence-corrected chi connectivity index (χ1v) is 5.64. The molecule has 80 valence electrons. The molecule has 0 amide bonds. The van der Waals surface area contributed by atoms with Gasteiger partial charge in [0, 0.05) is 15.0 Å². The van der Waals surface area contributed by atoms with Gasteiger partial charge in [-0.25, -0.2) is 0 Å². The van der Waals surface area contributed by atoms with Gasteiger partial charge in [-0.1, -0.05) is 31.9 Å². The Balaban J connectivity index is 0.00000169. The molecule has 0 bridgehead atoms. The van der Waals surface area contributed by atoms with Crippen LogP contribution in [-0.2, 0) is 0 Å². The summed E-state index contributed by atoms with van der Waals surface area (Å²) in [5.74, 6) is 0. The van der Waals surface area contributed by atoms with Crippen molar-refractivity contribution >= 4 is 44.3 Å². The lowest BCUT2D eigenvalue weighted by Crippen LogP contribution is -2.15. The van der Waals surface area contributed by atoms with Crippen LogP contribution in [0.15, 0.2) is 27.1 Å². The van der Waals surface area contributed by atoms with Crippen molar-refractivity contribution in [3.63, 3.8) is 0 Å². The first kappa shape index (κ1) is 14.4. The van der Waals surface area contributed by atoms with Crippen LogP contribution >= 0.6 is 44.3 Å². The average Bonchev–Trinajstić information content (AvgIpc) is 2.09. The van der Waals surface area contributed by atoms with Crippen molar-refractivity contribution in [3.8, 4) is 0 Å². The van der Waals surface area contributed by atoms with Crippen molar-refractivity contribution in [1.29, 1.82) is 0 Å². The summed E-state index contributed by atoms with van der Waals surface area (Å²) in [6.45, 7) is 0.611. The predicted octanol–water partition coefficient (Wildman–Crippen LogP) is 2.98. The molecule has 4 N–H and O–H groups in total. The quantitative estimate of drug-likeness (QED) is 0.886. The number of hydrogen-bond donors (Lipinski definition) is 2. The number of benzene rings is 1. The summed E-state index contributed by atoms with van der Waals surface area (Å²) in [6, 6.07) is 5.99. The highest BCUT2D eigenvalue weighted by atomic mass is 79.9. The molecule has 0 aliphatic rings. The molecule has 0 radical (unpaired) electrons. The molecule has 0 aliphatic heterocycles. The highest BCUT2D eigenvalue weighted by molar-refractivity contribution is 9.11. The minimum absolute atomic E-state index is 0. The summed E-state index contributed by atoms with van der Waals surface area (Å²) >= 11 is 6.87. The largest absolute Gasteiger partial charge is 0.330 e. The third-order valence-corrected chi connectivity index (χ3v) is 3.05. The van der Waals surface area contributed by atoms with E-state index in [0.29, 0.717) is 6.54 Å². The zero-order valence-electron chi connectivity index (χ0n) is 7.54. The van der Waals surface area contributed by atoms with E-state index in [-0.39, 0.29) is 18.4 Å². The van der Waals surface area contributed by atoms with Gasteiger partial charge in [-0.05, 0) is 36.7 Å². The smallest absolute Gasteiger partial charge is 0.0318 e. The maximum Gasteiger partial charge on any atom is 0.0318 e. The molecule has 0 unspecified atom stereocenters. The Bertz CT molecular complexity index is 294. The van der Waals surface area contributed by atoms with E-state index in [1.165, 1.54) is 0 Å². The Morgan fingerprint density at radius 2 is 1.93 bits per heavy atom. The van der Waals surface area contributed by atoms with Gasteiger partial charge in [-0.2, -0.15) is 0 Å². The van der Waals surface area contributed by atoms with Crippen LogP contribution < -0.4 is 11.5 Å². The summed E-state index contributed by atoms with van der Waals surface area (Å²) in [5, 5.41) is 0. The molecule has 0 aromatic heterocycles. The average molecular weight is 344 g/mol. The van der Waals surface area contributed by atoms with E-state index >= 15 is 0 Å². The third kappa shape index (κ3) is 3.87. The lowest BCUT2D eigenvalue weighted by atomic mass is 10.1. The molecule has 1 aromatic carbocycles. The number of halogens is 3. The molecular formula is C9H13Br2ClN2. The van der Waals surface area contributed by atoms with Crippen molar-refractivity contribution in [1.82, 2.24) is 0 Å². The predicted molar refractivity (Wildman–Crippen MR) is 69.7 cm³/mol. The van der Waals surface area contributed by atoms with Crippen LogP contribution in [0.2, 0.25) is 0 Å². The van der Waals surface area contributed by atoms with Crippen molar-refractivity contribution in [2.75, 3.05) is 6.54 Å². The zero-order chi connectivity index (χ0) is 9.84. The first-order valence-electron chi connectivity index (χ1n) is 4.05. The highest BCUT2D eigenvalue weighted by Crippen LogP contribution is 2.26. The van der Waals surface area contributed by atoms with Crippen LogP contribution in [0.25, 0.3) is 0 Å². The lowest BCUT2D eigenvalue weighted by Gasteiger charge is -2.12. The fraction of sp³-hybridized carbons (Fsp3) is 0.333. The lowest BCUT2D eigenvalue weighted by molar-refractivity contribution is 0.658. The van der Waals surface area contributed by atoms with Crippen LogP contribution in [0, 0.1) is 0 Å². The van der Waals surface area contributed by atoms with Gasteiger partial charge in [0.1, 0.15) is 0 Å². The zero-order valence-corrected chi connectivity index (χ0v) is 11.5. The molecule has 0 fully saturated rings. The van der Waals surface area contributed by atoms with Gasteiger partial charge in [-0.3, -0.25) is 0 Å². The molecule has 14 heavy (non-hydrogen) atoms. The van der Waals surface area contributed by atoms with E-state index < -0.39 is 0 Å². The van der Waals surface area contributed by atoms with Gasteiger partial charge >= 0.3 is 0 Å². The SMILES string of the molecule is Cl.NCC[C@@H](N)c1cc(Br)ccc1Br. The van der Waals surface area contributed by atoms with E-state index in [2.05, 4.69) is 31.9 Å². The summed E-state index contributed by atoms with van der Waals surface area (Å²) < 4.78 is 2.08. The standard InChI is InChI=1S/C9H12Br2N2.ClH/c10-6-1-2-8(11)7(5-6)9(13)3-4-12;/h1-2,5,9H,3-4,12-13H2;1H/t9-;/m1./s1. The third-order valence-electron chi connectivity index (χ3n) is 1.84. The van der Waals surface area contributed by atoms with Gasteiger partial charge in [0.05, 0.1) is 0 Å². The van der Waals surface area contributed by atoms with Gasteiger partial charge in [0.2, 0.25) is 0 Å². The molecule has 0 spiro atoms. The highest BCUT2D eigenvalue weighted by Gasteiger charge is 2.08. The Kier molecular flexibility index (Phi) is 6.99. The van der Waals surface area contributed by atoms with Crippen LogP contribution in [0.5, 0.6) is 0 Å². The van der Waals surface area contributed by atoms with E-state index in [1.807, 2.05) is 18.2 Å². The molecule has 1 atom stereocenters. The molecular weight excluding hydrogens is 331 g/mol. The van der Waals surface area contributed by atoms with E-state index in [4.69, 9.17) is 11.5 Å². The van der Waals surface area contributed by atoms with Crippen LogP contribution in [0.4, 0.5) is 0 Å². The summed E-state index contributed by atoms with van der Waals surface area (Å²) in [4.78, 5) is 0. The number of hydrogen-bond acceptors (Lipinski definition) is 2. The van der Waals surface area contributed by atoms with Crippen molar-refractivity contribution in [2.45, 2.75) is 12.5 Å². The fourth-order valence-electron chi connectivity index (χ4n) is 1.13. The maximum atomic E-state index is 5.94. The van der Waals surface area contributed by atoms with E-state index in [9.17, 15) is 0 Å². The summed E-state index contributed by atoms with van der Waals surface area (Å²) in [6.07, 6.45) is 0.801. The van der Waals surface area contributed by atoms with Gasteiger partial charge in [0.25, 0.3) is 0 Å². The minimum atomic E-state index is 0. The molecule has 0 saturated carbocycles. The van der Waals surface area contributed by atoms with Gasteiger partial charge in [0.15, 0.2) is 0 Å². The summed E-state index contributed by atoms with van der Waals surface area (Å²) in [5.41, 5.74) is 12.5. The number of rotatable bonds is 3. The topological polar surface area (TPSA) is 52.0 Å². The molecule has 0 heterocycles. The van der Waals surface area contributed by atoms with Crippen LogP contribution in [-0.4, -0.2) is 6.54 Å². The maximum absolute atomic E-state index is 5.94. The first-order chi connectivity index (χ1) is 6.15. The van der Waals surface area contributed by atoms with E-state index in [0.717, 1.165) is 20.9 Å². The van der Waals surface area contributed by atoms with Gasteiger partial charge in [-0.15, -0.1) is 12.4 Å².